The second-order valence-corrected chi connectivity index (χ2v) is 4.67. The van der Waals surface area contributed by atoms with E-state index in [0.29, 0.717) is 25.4 Å². The first-order valence-corrected chi connectivity index (χ1v) is 6.39. The number of carbonyl (C=O) groups excluding carboxylic acids is 1. The fourth-order valence-corrected chi connectivity index (χ4v) is 1.41. The number of rotatable bonds is 2. The molecule has 0 spiro atoms. The molecule has 1 amide bonds. The Hall–Kier alpha value is -2.09. The number of alkyl halides is 6. The van der Waals surface area contributed by atoms with Gasteiger partial charge in [0.25, 0.3) is 0 Å². The van der Waals surface area contributed by atoms with Gasteiger partial charge in [-0.15, -0.1) is 0 Å². The van der Waals surface area contributed by atoms with E-state index >= 15 is 0 Å². The number of nitrogens with zero attached hydrogens (tertiary/aromatic N) is 1. The summed E-state index contributed by atoms with van der Waals surface area (Å²) in [5.74, 6) is -5.36. The normalized spacial score (nSPS) is 16.0. The van der Waals surface area contributed by atoms with Crippen LogP contribution in [0, 0.1) is 5.92 Å². The number of nitrogens with two attached hydrogens (primary N) is 1. The second-order valence-electron chi connectivity index (χ2n) is 4.67. The van der Waals surface area contributed by atoms with Gasteiger partial charge in [-0.1, -0.05) is 0 Å². The number of hydroxylamine groups is 2. The molecule has 8 nitrogen and oxygen atoms in total. The molecule has 0 atom stereocenters. The minimum absolute atomic E-state index is 0.235. The Balaban J connectivity index is 0. The Morgan fingerprint density at radius 2 is 1.20 bits per heavy atom. The maximum absolute atomic E-state index is 10.6. The van der Waals surface area contributed by atoms with Gasteiger partial charge < -0.3 is 21.2 Å². The topological polar surface area (TPSA) is 141 Å². The molecule has 148 valence electrons. The summed E-state index contributed by atoms with van der Waals surface area (Å²) in [6, 6.07) is 0. The number of primary amides is 1. The summed E-state index contributed by atoms with van der Waals surface area (Å²) in [7, 11) is 0. The van der Waals surface area contributed by atoms with E-state index in [2.05, 4.69) is 0 Å². The number of halogens is 6. The number of carbonyl (C=O) groups is 3. The monoisotopic (exact) mass is 386 g/mol. The van der Waals surface area contributed by atoms with Crippen LogP contribution in [-0.2, 0) is 14.4 Å². The van der Waals surface area contributed by atoms with Crippen molar-refractivity contribution in [1.82, 2.24) is 5.06 Å². The van der Waals surface area contributed by atoms with Crippen LogP contribution in [0.2, 0.25) is 0 Å². The molecule has 5 N–H and O–H groups in total. The molecule has 1 aliphatic rings. The van der Waals surface area contributed by atoms with Gasteiger partial charge in [-0.05, 0) is 18.8 Å². The predicted octanol–water partition coefficient (Wildman–Crippen LogP) is 1.23. The molecule has 0 unspecified atom stereocenters. The lowest BCUT2D eigenvalue weighted by atomic mass is 9.94. The van der Waals surface area contributed by atoms with Crippen LogP contribution in [-0.4, -0.2) is 63.8 Å². The van der Waals surface area contributed by atoms with Gasteiger partial charge in [0, 0.05) is 19.5 Å². The highest BCUT2D eigenvalue weighted by Gasteiger charge is 2.38. The van der Waals surface area contributed by atoms with E-state index in [0.717, 1.165) is 12.8 Å². The molecule has 0 radical (unpaired) electrons. The highest BCUT2D eigenvalue weighted by atomic mass is 19.4. The van der Waals surface area contributed by atoms with Gasteiger partial charge in [-0.2, -0.15) is 31.4 Å². The highest BCUT2D eigenvalue weighted by molar-refractivity contribution is 5.74. The van der Waals surface area contributed by atoms with E-state index < -0.39 is 24.3 Å². The standard InChI is InChI=1S/C7H14N2O2.2C2HF3O2/c8-7(10)5-6-1-3-9(11)4-2-6;2*3-2(4,5)1(6)7/h6,11H,1-5H2,(H2,8,10);2*(H,6,7). The predicted molar refractivity (Wildman–Crippen MR) is 67.3 cm³/mol. The number of hydrogen-bond acceptors (Lipinski definition) is 5. The summed E-state index contributed by atoms with van der Waals surface area (Å²) in [4.78, 5) is 28.3. The van der Waals surface area contributed by atoms with Crippen LogP contribution < -0.4 is 5.73 Å². The number of piperidine rings is 1. The summed E-state index contributed by atoms with van der Waals surface area (Å²) in [5, 5.41) is 24.5. The Morgan fingerprint density at radius 1 is 0.920 bits per heavy atom. The summed E-state index contributed by atoms with van der Waals surface area (Å²) in [6.07, 6.45) is -7.95. The molecule has 0 bridgehead atoms. The summed E-state index contributed by atoms with van der Waals surface area (Å²) in [5.41, 5.74) is 5.04. The third-order valence-corrected chi connectivity index (χ3v) is 2.57. The zero-order valence-corrected chi connectivity index (χ0v) is 12.5. The van der Waals surface area contributed by atoms with Crippen molar-refractivity contribution in [1.29, 1.82) is 0 Å². The maximum atomic E-state index is 10.6. The average Bonchev–Trinajstić information content (AvgIpc) is 2.40. The van der Waals surface area contributed by atoms with Gasteiger partial charge in [0.1, 0.15) is 0 Å². The van der Waals surface area contributed by atoms with Gasteiger partial charge in [0.2, 0.25) is 5.91 Å². The minimum Gasteiger partial charge on any atom is -0.475 e. The fourth-order valence-electron chi connectivity index (χ4n) is 1.41. The number of hydrogen-bond donors (Lipinski definition) is 4. The number of carboxylic acids is 2. The lowest BCUT2D eigenvalue weighted by Crippen LogP contribution is -2.32. The van der Waals surface area contributed by atoms with E-state index in [4.69, 9.17) is 30.7 Å². The third-order valence-electron chi connectivity index (χ3n) is 2.57. The molecule has 1 heterocycles. The van der Waals surface area contributed by atoms with Gasteiger partial charge >= 0.3 is 24.3 Å². The molecule has 0 saturated carbocycles. The van der Waals surface area contributed by atoms with Crippen LogP contribution >= 0.6 is 0 Å². The van der Waals surface area contributed by atoms with E-state index in [-0.39, 0.29) is 5.91 Å². The summed E-state index contributed by atoms with van der Waals surface area (Å²) < 4.78 is 63.5. The van der Waals surface area contributed by atoms with E-state index in [1.54, 1.807) is 0 Å². The second kappa shape index (κ2) is 10.7. The Kier molecular flexibility index (Phi) is 10.8. The molecule has 1 saturated heterocycles. The Morgan fingerprint density at radius 3 is 1.40 bits per heavy atom. The van der Waals surface area contributed by atoms with E-state index in [1.807, 2.05) is 0 Å². The smallest absolute Gasteiger partial charge is 0.475 e. The maximum Gasteiger partial charge on any atom is 0.490 e. The van der Waals surface area contributed by atoms with Crippen molar-refractivity contribution in [3.05, 3.63) is 0 Å². The Labute approximate surface area is 136 Å². The van der Waals surface area contributed by atoms with Crippen molar-refractivity contribution in [2.24, 2.45) is 11.7 Å². The zero-order chi connectivity index (χ0) is 20.4. The third kappa shape index (κ3) is 15.2. The Bertz CT molecular complexity index is 421. The quantitative estimate of drug-likeness (QED) is 0.523. The van der Waals surface area contributed by atoms with Gasteiger partial charge in [0.05, 0.1) is 0 Å². The highest BCUT2D eigenvalue weighted by Crippen LogP contribution is 2.18. The van der Waals surface area contributed by atoms with Crippen molar-refractivity contribution < 1.29 is 56.1 Å². The van der Waals surface area contributed by atoms with Gasteiger partial charge in [0.15, 0.2) is 0 Å². The van der Waals surface area contributed by atoms with Gasteiger partial charge in [-0.25, -0.2) is 9.59 Å². The first-order valence-electron chi connectivity index (χ1n) is 6.39. The van der Waals surface area contributed by atoms with Crippen molar-refractivity contribution in [2.75, 3.05) is 13.1 Å². The van der Waals surface area contributed by atoms with Crippen molar-refractivity contribution in [3.8, 4) is 0 Å². The summed E-state index contributed by atoms with van der Waals surface area (Å²) in [6.45, 7) is 1.33. The lowest BCUT2D eigenvalue weighted by molar-refractivity contribution is -0.193. The molecule has 0 aromatic heterocycles. The average molecular weight is 386 g/mol. The van der Waals surface area contributed by atoms with Crippen LogP contribution in [0.4, 0.5) is 26.3 Å². The molecule has 1 aliphatic heterocycles. The molecule has 1 fully saturated rings. The molecular weight excluding hydrogens is 370 g/mol. The molecular formula is C11H16F6N2O6. The molecule has 1 rings (SSSR count). The molecule has 0 aliphatic carbocycles. The van der Waals surface area contributed by atoms with Crippen LogP contribution in [0.5, 0.6) is 0 Å². The molecule has 14 heteroatoms. The number of carboxylic acid groups (broad SMARTS) is 2. The number of aliphatic carboxylic acids is 2. The minimum atomic E-state index is -5.08. The summed E-state index contributed by atoms with van der Waals surface area (Å²) >= 11 is 0. The zero-order valence-electron chi connectivity index (χ0n) is 12.5. The lowest BCUT2D eigenvalue weighted by Gasteiger charge is -2.26. The molecule has 25 heavy (non-hydrogen) atoms. The van der Waals surface area contributed by atoms with E-state index in [9.17, 15) is 31.1 Å². The largest absolute Gasteiger partial charge is 0.490 e. The van der Waals surface area contributed by atoms with E-state index in [1.165, 1.54) is 5.06 Å². The van der Waals surface area contributed by atoms with Crippen LogP contribution in [0.15, 0.2) is 0 Å². The van der Waals surface area contributed by atoms with Crippen LogP contribution in [0.25, 0.3) is 0 Å². The molecule has 0 aromatic carbocycles. The first-order chi connectivity index (χ1) is 11.1. The first kappa shape index (κ1) is 25.2. The van der Waals surface area contributed by atoms with Gasteiger partial charge in [-0.3, -0.25) is 4.79 Å². The van der Waals surface area contributed by atoms with Crippen LogP contribution in [0.1, 0.15) is 19.3 Å². The van der Waals surface area contributed by atoms with Crippen molar-refractivity contribution in [2.45, 2.75) is 31.6 Å². The van der Waals surface area contributed by atoms with Crippen molar-refractivity contribution in [3.63, 3.8) is 0 Å². The van der Waals surface area contributed by atoms with Crippen molar-refractivity contribution >= 4 is 17.8 Å². The fraction of sp³-hybridized carbons (Fsp3) is 0.727. The molecule has 0 aromatic rings. The number of amides is 1. The van der Waals surface area contributed by atoms with Crippen LogP contribution in [0.3, 0.4) is 0 Å². The SMILES string of the molecule is NC(=O)CC1CCN(O)CC1.O=C(O)C(F)(F)F.O=C(O)C(F)(F)F.